The minimum atomic E-state index is -0.428. The first-order chi connectivity index (χ1) is 10.0. The fraction of sp³-hybridized carbons (Fsp3) is 0.467. The molecule has 1 aliphatic rings. The van der Waals surface area contributed by atoms with E-state index in [9.17, 15) is 9.59 Å². The number of piperazine rings is 1. The Morgan fingerprint density at radius 3 is 2.14 bits per heavy atom. The predicted molar refractivity (Wildman–Crippen MR) is 80.6 cm³/mol. The van der Waals surface area contributed by atoms with Crippen LogP contribution in [0.15, 0.2) is 30.3 Å². The molecule has 1 fully saturated rings. The van der Waals surface area contributed by atoms with Crippen LogP contribution in [0.2, 0.25) is 0 Å². The fourth-order valence-corrected chi connectivity index (χ4v) is 2.64. The van der Waals surface area contributed by atoms with Crippen LogP contribution in [-0.4, -0.2) is 66.9 Å². The van der Waals surface area contributed by atoms with Crippen LogP contribution in [0.25, 0.3) is 0 Å². The van der Waals surface area contributed by atoms with Gasteiger partial charge in [0.05, 0.1) is 0 Å². The van der Waals surface area contributed by atoms with Gasteiger partial charge in [0, 0.05) is 40.3 Å². The minimum absolute atomic E-state index is 0.00462. The van der Waals surface area contributed by atoms with E-state index in [0.29, 0.717) is 26.2 Å². The van der Waals surface area contributed by atoms with Crippen LogP contribution >= 0.6 is 0 Å². The summed E-state index contributed by atoms with van der Waals surface area (Å²) in [5.74, 6) is -0.353. The number of amides is 3. The van der Waals surface area contributed by atoms with Crippen molar-refractivity contribution in [3.63, 3.8) is 0 Å². The van der Waals surface area contributed by atoms with Crippen molar-refractivity contribution in [1.82, 2.24) is 14.7 Å². The summed E-state index contributed by atoms with van der Waals surface area (Å²) in [6, 6.07) is 9.11. The first-order valence-corrected chi connectivity index (χ1v) is 7.05. The van der Waals surface area contributed by atoms with E-state index in [1.165, 1.54) is 0 Å². The molecule has 1 aromatic rings. The van der Waals surface area contributed by atoms with Gasteiger partial charge in [-0.15, -0.1) is 0 Å². The lowest BCUT2D eigenvalue weighted by molar-refractivity contribution is -0.124. The maximum Gasteiger partial charge on any atom is 0.319 e. The second kappa shape index (κ2) is 6.58. The van der Waals surface area contributed by atoms with Crippen molar-refractivity contribution in [2.45, 2.75) is 6.04 Å². The van der Waals surface area contributed by atoms with Gasteiger partial charge >= 0.3 is 6.03 Å². The summed E-state index contributed by atoms with van der Waals surface area (Å²) in [7, 11) is 3.48. The van der Waals surface area contributed by atoms with Gasteiger partial charge in [-0.3, -0.25) is 9.69 Å². The number of benzene rings is 1. The molecular weight excluding hydrogens is 268 g/mol. The summed E-state index contributed by atoms with van der Waals surface area (Å²) in [5.41, 5.74) is 6.47. The quantitative estimate of drug-likeness (QED) is 0.882. The minimum Gasteiger partial charge on any atom is -0.368 e. The van der Waals surface area contributed by atoms with Crippen LogP contribution < -0.4 is 5.73 Å². The maximum atomic E-state index is 11.9. The van der Waals surface area contributed by atoms with Crippen LogP contribution in [-0.2, 0) is 4.79 Å². The standard InChI is InChI=1S/C15H22N4O2/c1-17(2)15(21)19-10-8-18(9-11-19)13(14(16)20)12-6-4-3-5-7-12/h3-7,13H,8-11H2,1-2H3,(H2,16,20)/t13-/m0/s1. The predicted octanol–water partition coefficient (Wildman–Crippen LogP) is 0.512. The van der Waals surface area contributed by atoms with Crippen LogP contribution in [0.5, 0.6) is 0 Å². The summed E-state index contributed by atoms with van der Waals surface area (Å²) in [6.45, 7) is 2.49. The van der Waals surface area contributed by atoms with Gasteiger partial charge in [0.15, 0.2) is 0 Å². The van der Waals surface area contributed by atoms with Gasteiger partial charge in [0.2, 0.25) is 5.91 Å². The largest absolute Gasteiger partial charge is 0.368 e. The highest BCUT2D eigenvalue weighted by molar-refractivity contribution is 5.81. The number of nitrogens with zero attached hydrogens (tertiary/aromatic N) is 3. The number of hydrogen-bond acceptors (Lipinski definition) is 3. The normalized spacial score (nSPS) is 17.3. The van der Waals surface area contributed by atoms with Gasteiger partial charge in [-0.25, -0.2) is 4.79 Å². The van der Waals surface area contributed by atoms with E-state index in [1.54, 1.807) is 23.9 Å². The summed E-state index contributed by atoms with van der Waals surface area (Å²) in [6.07, 6.45) is 0. The van der Waals surface area contributed by atoms with E-state index in [2.05, 4.69) is 0 Å². The molecule has 0 aromatic heterocycles. The van der Waals surface area contributed by atoms with Crippen LogP contribution in [0, 0.1) is 0 Å². The molecule has 2 rings (SSSR count). The van der Waals surface area contributed by atoms with Gasteiger partial charge in [0.25, 0.3) is 0 Å². The molecule has 114 valence electrons. The molecule has 1 heterocycles. The Hall–Kier alpha value is -2.08. The molecule has 0 unspecified atom stereocenters. The Morgan fingerprint density at radius 1 is 1.10 bits per heavy atom. The molecule has 3 amide bonds. The first kappa shape index (κ1) is 15.3. The topological polar surface area (TPSA) is 69.9 Å². The molecule has 0 bridgehead atoms. The molecule has 0 aliphatic carbocycles. The Balaban J connectivity index is 2.05. The SMILES string of the molecule is CN(C)C(=O)N1CCN([C@H](C(N)=O)c2ccccc2)CC1. The summed E-state index contributed by atoms with van der Waals surface area (Å²) >= 11 is 0. The molecule has 0 spiro atoms. The summed E-state index contributed by atoms with van der Waals surface area (Å²) in [5, 5.41) is 0. The van der Waals surface area contributed by atoms with Crippen molar-refractivity contribution in [2.24, 2.45) is 5.73 Å². The zero-order chi connectivity index (χ0) is 15.4. The lowest BCUT2D eigenvalue weighted by Crippen LogP contribution is -2.53. The van der Waals surface area contributed by atoms with E-state index in [4.69, 9.17) is 5.73 Å². The number of hydrogen-bond donors (Lipinski definition) is 1. The Bertz CT molecular complexity index is 496. The average Bonchev–Trinajstić information content (AvgIpc) is 2.48. The van der Waals surface area contributed by atoms with E-state index >= 15 is 0 Å². The van der Waals surface area contributed by atoms with Crippen molar-refractivity contribution in [3.05, 3.63) is 35.9 Å². The van der Waals surface area contributed by atoms with Gasteiger partial charge < -0.3 is 15.5 Å². The molecule has 6 nitrogen and oxygen atoms in total. The smallest absolute Gasteiger partial charge is 0.319 e. The Kier molecular flexibility index (Phi) is 4.80. The third kappa shape index (κ3) is 3.52. The summed E-state index contributed by atoms with van der Waals surface area (Å²) in [4.78, 5) is 29.1. The van der Waals surface area contributed by atoms with Gasteiger partial charge in [-0.2, -0.15) is 0 Å². The van der Waals surface area contributed by atoms with Gasteiger partial charge in [0.1, 0.15) is 6.04 Å². The number of carbonyl (C=O) groups is 2. The van der Waals surface area contributed by atoms with Crippen molar-refractivity contribution >= 4 is 11.9 Å². The number of rotatable bonds is 3. The molecular formula is C15H22N4O2. The highest BCUT2D eigenvalue weighted by Gasteiger charge is 2.30. The van der Waals surface area contributed by atoms with E-state index < -0.39 is 6.04 Å². The molecule has 2 N–H and O–H groups in total. The van der Waals surface area contributed by atoms with Gasteiger partial charge in [-0.1, -0.05) is 30.3 Å². The molecule has 21 heavy (non-hydrogen) atoms. The second-order valence-corrected chi connectivity index (χ2v) is 5.42. The average molecular weight is 290 g/mol. The van der Waals surface area contributed by atoms with E-state index in [0.717, 1.165) is 5.56 Å². The van der Waals surface area contributed by atoms with Crippen molar-refractivity contribution < 1.29 is 9.59 Å². The van der Waals surface area contributed by atoms with Crippen molar-refractivity contribution in [3.8, 4) is 0 Å². The number of urea groups is 1. The van der Waals surface area contributed by atoms with E-state index in [1.807, 2.05) is 35.2 Å². The monoisotopic (exact) mass is 290 g/mol. The maximum absolute atomic E-state index is 11.9. The first-order valence-electron chi connectivity index (χ1n) is 7.05. The Labute approximate surface area is 125 Å². The molecule has 0 radical (unpaired) electrons. The third-order valence-corrected chi connectivity index (χ3v) is 3.72. The van der Waals surface area contributed by atoms with Crippen LogP contribution in [0.4, 0.5) is 4.79 Å². The number of primary amides is 1. The Morgan fingerprint density at radius 2 is 1.67 bits per heavy atom. The van der Waals surface area contributed by atoms with Gasteiger partial charge in [-0.05, 0) is 5.56 Å². The molecule has 1 aliphatic heterocycles. The molecule has 1 saturated heterocycles. The summed E-state index contributed by atoms with van der Waals surface area (Å²) < 4.78 is 0. The molecule has 0 saturated carbocycles. The van der Waals surface area contributed by atoms with Crippen molar-refractivity contribution in [2.75, 3.05) is 40.3 Å². The van der Waals surface area contributed by atoms with Crippen LogP contribution in [0.1, 0.15) is 11.6 Å². The van der Waals surface area contributed by atoms with Crippen molar-refractivity contribution in [1.29, 1.82) is 0 Å². The number of carbonyl (C=O) groups excluding carboxylic acids is 2. The fourth-order valence-electron chi connectivity index (χ4n) is 2.64. The lowest BCUT2D eigenvalue weighted by Gasteiger charge is -2.39. The highest BCUT2D eigenvalue weighted by Crippen LogP contribution is 2.22. The molecule has 1 atom stereocenters. The number of nitrogens with two attached hydrogens (primary N) is 1. The zero-order valence-electron chi connectivity index (χ0n) is 12.5. The third-order valence-electron chi connectivity index (χ3n) is 3.72. The van der Waals surface area contributed by atoms with E-state index in [-0.39, 0.29) is 11.9 Å². The zero-order valence-corrected chi connectivity index (χ0v) is 12.5. The highest BCUT2D eigenvalue weighted by atomic mass is 16.2. The lowest BCUT2D eigenvalue weighted by atomic mass is 10.0. The molecule has 1 aromatic carbocycles. The second-order valence-electron chi connectivity index (χ2n) is 5.42. The van der Waals surface area contributed by atoms with Crippen LogP contribution in [0.3, 0.4) is 0 Å². The molecule has 6 heteroatoms.